The van der Waals surface area contributed by atoms with Gasteiger partial charge in [-0.05, 0) is 29.8 Å². The van der Waals surface area contributed by atoms with E-state index in [0.717, 1.165) is 33.8 Å². The van der Waals surface area contributed by atoms with Gasteiger partial charge in [0.15, 0.2) is 17.5 Å². The smallest absolute Gasteiger partial charge is 0.231 e. The van der Waals surface area contributed by atoms with Crippen molar-refractivity contribution in [1.82, 2.24) is 10.6 Å². The van der Waals surface area contributed by atoms with Gasteiger partial charge in [0.2, 0.25) is 6.79 Å². The highest BCUT2D eigenvalue weighted by atomic mass is 16.7. The van der Waals surface area contributed by atoms with E-state index in [1.165, 1.54) is 0 Å². The van der Waals surface area contributed by atoms with Crippen molar-refractivity contribution in [2.24, 2.45) is 4.99 Å². The third-order valence-corrected chi connectivity index (χ3v) is 4.03. The van der Waals surface area contributed by atoms with E-state index in [1.807, 2.05) is 48.5 Å². The van der Waals surface area contributed by atoms with Crippen LogP contribution < -0.4 is 20.1 Å². The topological polar surface area (TPSA) is 68.0 Å². The van der Waals surface area contributed by atoms with Crippen LogP contribution in [0.4, 0.5) is 0 Å². The Morgan fingerprint density at radius 3 is 2.72 bits per heavy atom. The molecule has 2 N–H and O–H groups in total. The quantitative estimate of drug-likeness (QED) is 0.566. The third kappa shape index (κ3) is 3.38. The molecule has 0 saturated carbocycles. The molecule has 0 amide bonds. The summed E-state index contributed by atoms with van der Waals surface area (Å²) in [5, 5.41) is 7.64. The Labute approximate surface area is 145 Å². The standard InChI is InChI=1S/C19H19N3O3/c1-20-19(21-10-13-6-7-17-18(8-13)24-12-23-17)22-11-15-9-14-4-2-3-5-16(14)25-15/h2-9H,10-12H2,1H3,(H2,20,21,22). The van der Waals surface area contributed by atoms with Crippen LogP contribution in [0.1, 0.15) is 11.3 Å². The van der Waals surface area contributed by atoms with Crippen molar-refractivity contribution in [3.05, 3.63) is 59.9 Å². The highest BCUT2D eigenvalue weighted by Crippen LogP contribution is 2.32. The van der Waals surface area contributed by atoms with Gasteiger partial charge in [0.1, 0.15) is 11.3 Å². The summed E-state index contributed by atoms with van der Waals surface area (Å²) < 4.78 is 16.5. The molecule has 6 heteroatoms. The van der Waals surface area contributed by atoms with E-state index in [9.17, 15) is 0 Å². The summed E-state index contributed by atoms with van der Waals surface area (Å²) in [6.07, 6.45) is 0. The first-order valence-electron chi connectivity index (χ1n) is 8.12. The van der Waals surface area contributed by atoms with Crippen LogP contribution in [0.3, 0.4) is 0 Å². The Morgan fingerprint density at radius 2 is 1.84 bits per heavy atom. The van der Waals surface area contributed by atoms with Crippen LogP contribution >= 0.6 is 0 Å². The first kappa shape index (κ1) is 15.4. The first-order chi connectivity index (χ1) is 12.3. The van der Waals surface area contributed by atoms with Crippen molar-refractivity contribution >= 4 is 16.9 Å². The average Bonchev–Trinajstić information content (AvgIpc) is 3.27. The van der Waals surface area contributed by atoms with Gasteiger partial charge in [0.05, 0.1) is 6.54 Å². The molecule has 0 unspecified atom stereocenters. The number of nitrogens with zero attached hydrogens (tertiary/aromatic N) is 1. The molecule has 0 radical (unpaired) electrons. The van der Waals surface area contributed by atoms with E-state index in [0.29, 0.717) is 19.0 Å². The monoisotopic (exact) mass is 337 g/mol. The van der Waals surface area contributed by atoms with Crippen molar-refractivity contribution in [2.45, 2.75) is 13.1 Å². The van der Waals surface area contributed by atoms with Gasteiger partial charge in [0, 0.05) is 19.0 Å². The maximum Gasteiger partial charge on any atom is 0.231 e. The maximum atomic E-state index is 5.80. The Bertz CT molecular complexity index is 884. The number of aliphatic imine (C=N–C) groups is 1. The van der Waals surface area contributed by atoms with Crippen LogP contribution in [0.2, 0.25) is 0 Å². The van der Waals surface area contributed by atoms with Gasteiger partial charge in [-0.25, -0.2) is 0 Å². The predicted octanol–water partition coefficient (Wildman–Crippen LogP) is 3.03. The van der Waals surface area contributed by atoms with Crippen LogP contribution in [-0.4, -0.2) is 19.8 Å². The Morgan fingerprint density at radius 1 is 1.00 bits per heavy atom. The third-order valence-electron chi connectivity index (χ3n) is 4.03. The molecule has 1 aliphatic heterocycles. The van der Waals surface area contributed by atoms with Gasteiger partial charge in [-0.2, -0.15) is 0 Å². The lowest BCUT2D eigenvalue weighted by molar-refractivity contribution is 0.174. The van der Waals surface area contributed by atoms with E-state index in [1.54, 1.807) is 7.05 Å². The van der Waals surface area contributed by atoms with E-state index < -0.39 is 0 Å². The van der Waals surface area contributed by atoms with Crippen molar-refractivity contribution in [3.63, 3.8) is 0 Å². The van der Waals surface area contributed by atoms with Crippen LogP contribution in [0.25, 0.3) is 11.0 Å². The summed E-state index contributed by atoms with van der Waals surface area (Å²) in [6, 6.07) is 15.9. The molecule has 0 saturated heterocycles. The van der Waals surface area contributed by atoms with Crippen LogP contribution in [0.15, 0.2) is 57.9 Å². The SMILES string of the molecule is CN=C(NCc1ccc2c(c1)OCO2)NCc1cc2ccccc2o1. The number of hydrogen-bond donors (Lipinski definition) is 2. The average molecular weight is 337 g/mol. The summed E-state index contributed by atoms with van der Waals surface area (Å²) in [5.41, 5.74) is 1.98. The Kier molecular flexibility index (Phi) is 4.16. The number of guanidine groups is 1. The molecule has 128 valence electrons. The number of nitrogens with one attached hydrogen (secondary N) is 2. The molecular formula is C19H19N3O3. The second kappa shape index (κ2) is 6.76. The van der Waals surface area contributed by atoms with Crippen LogP contribution in [-0.2, 0) is 13.1 Å². The van der Waals surface area contributed by atoms with Gasteiger partial charge in [0.25, 0.3) is 0 Å². The summed E-state index contributed by atoms with van der Waals surface area (Å²) in [4.78, 5) is 4.24. The van der Waals surface area contributed by atoms with Crippen molar-refractivity contribution in [3.8, 4) is 11.5 Å². The lowest BCUT2D eigenvalue weighted by atomic mass is 10.2. The zero-order chi connectivity index (χ0) is 17.1. The molecule has 1 aliphatic rings. The fourth-order valence-electron chi connectivity index (χ4n) is 2.75. The largest absolute Gasteiger partial charge is 0.459 e. The lowest BCUT2D eigenvalue weighted by Crippen LogP contribution is -2.36. The van der Waals surface area contributed by atoms with Crippen molar-refractivity contribution in [2.75, 3.05) is 13.8 Å². The molecule has 0 bridgehead atoms. The summed E-state index contributed by atoms with van der Waals surface area (Å²) >= 11 is 0. The number of benzene rings is 2. The van der Waals surface area contributed by atoms with Gasteiger partial charge in [-0.3, -0.25) is 4.99 Å². The second-order valence-corrected chi connectivity index (χ2v) is 5.72. The second-order valence-electron chi connectivity index (χ2n) is 5.72. The molecule has 6 nitrogen and oxygen atoms in total. The number of rotatable bonds is 4. The van der Waals surface area contributed by atoms with Gasteiger partial charge in [-0.1, -0.05) is 24.3 Å². The summed E-state index contributed by atoms with van der Waals surface area (Å²) in [7, 11) is 1.74. The zero-order valence-electron chi connectivity index (χ0n) is 13.9. The number of furan rings is 1. The van der Waals surface area contributed by atoms with E-state index in [2.05, 4.69) is 15.6 Å². The fraction of sp³-hybridized carbons (Fsp3) is 0.211. The summed E-state index contributed by atoms with van der Waals surface area (Å²) in [6.45, 7) is 1.48. The van der Waals surface area contributed by atoms with Crippen LogP contribution in [0, 0.1) is 0 Å². The highest BCUT2D eigenvalue weighted by molar-refractivity contribution is 5.80. The summed E-state index contributed by atoms with van der Waals surface area (Å²) in [5.74, 6) is 3.14. The number of ether oxygens (including phenoxy) is 2. The Hall–Kier alpha value is -3.15. The van der Waals surface area contributed by atoms with Gasteiger partial charge >= 0.3 is 0 Å². The molecule has 0 spiro atoms. The molecule has 0 aliphatic carbocycles. The first-order valence-corrected chi connectivity index (χ1v) is 8.12. The van der Waals surface area contributed by atoms with E-state index in [-0.39, 0.29) is 6.79 Å². The predicted molar refractivity (Wildman–Crippen MR) is 95.8 cm³/mol. The van der Waals surface area contributed by atoms with Gasteiger partial charge in [-0.15, -0.1) is 0 Å². The molecule has 25 heavy (non-hydrogen) atoms. The van der Waals surface area contributed by atoms with Crippen LogP contribution in [0.5, 0.6) is 11.5 Å². The van der Waals surface area contributed by atoms with Crippen molar-refractivity contribution < 1.29 is 13.9 Å². The number of para-hydroxylation sites is 1. The lowest BCUT2D eigenvalue weighted by Gasteiger charge is -2.11. The molecule has 1 aromatic heterocycles. The zero-order valence-corrected chi connectivity index (χ0v) is 13.9. The fourth-order valence-corrected chi connectivity index (χ4v) is 2.75. The molecule has 3 aromatic rings. The molecule has 2 aromatic carbocycles. The van der Waals surface area contributed by atoms with E-state index in [4.69, 9.17) is 13.9 Å². The normalized spacial score (nSPS) is 13.2. The Balaban J connectivity index is 1.34. The minimum absolute atomic E-state index is 0.285. The number of hydrogen-bond acceptors (Lipinski definition) is 4. The molecular weight excluding hydrogens is 318 g/mol. The van der Waals surface area contributed by atoms with E-state index >= 15 is 0 Å². The minimum Gasteiger partial charge on any atom is -0.459 e. The molecule has 0 fully saturated rings. The molecule has 2 heterocycles. The van der Waals surface area contributed by atoms with Gasteiger partial charge < -0.3 is 24.5 Å². The number of fused-ring (bicyclic) bond motifs is 2. The van der Waals surface area contributed by atoms with Crippen molar-refractivity contribution in [1.29, 1.82) is 0 Å². The maximum absolute atomic E-state index is 5.80. The minimum atomic E-state index is 0.285. The highest BCUT2D eigenvalue weighted by Gasteiger charge is 2.13. The molecule has 4 rings (SSSR count). The molecule has 0 atom stereocenters.